The van der Waals surface area contributed by atoms with Crippen LogP contribution in [0.5, 0.6) is 0 Å². The predicted octanol–water partition coefficient (Wildman–Crippen LogP) is 2.13. The van der Waals surface area contributed by atoms with Gasteiger partial charge in [0.25, 0.3) is 0 Å². The maximum atomic E-state index is 12.2. The average Bonchev–Trinajstić information content (AvgIpc) is 3.22. The second-order valence-electron chi connectivity index (χ2n) is 5.83. The van der Waals surface area contributed by atoms with E-state index in [1.165, 1.54) is 18.4 Å². The van der Waals surface area contributed by atoms with Crippen LogP contribution in [-0.4, -0.2) is 22.6 Å². The van der Waals surface area contributed by atoms with Crippen molar-refractivity contribution in [1.29, 1.82) is 0 Å². The zero-order chi connectivity index (χ0) is 12.8. The number of rotatable bonds is 2. The molecule has 4 heteroatoms. The van der Waals surface area contributed by atoms with Crippen molar-refractivity contribution in [2.45, 2.75) is 37.6 Å². The summed E-state index contributed by atoms with van der Waals surface area (Å²) in [6.45, 7) is 2.01. The Bertz CT molecular complexity index is 660. The molecule has 2 N–H and O–H groups in total. The zero-order valence-corrected chi connectivity index (χ0v) is 11.0. The number of nitrogens with one attached hydrogen (secondary N) is 2. The van der Waals surface area contributed by atoms with Crippen molar-refractivity contribution in [2.75, 3.05) is 13.1 Å². The summed E-state index contributed by atoms with van der Waals surface area (Å²) in [5, 5.41) is 3.36. The van der Waals surface area contributed by atoms with Crippen molar-refractivity contribution in [1.82, 2.24) is 14.9 Å². The minimum atomic E-state index is 0.0508. The smallest absolute Gasteiger partial charge is 0.317 e. The maximum Gasteiger partial charge on any atom is 0.326 e. The van der Waals surface area contributed by atoms with Crippen molar-refractivity contribution >= 4 is 11.0 Å². The Morgan fingerprint density at radius 2 is 1.89 bits per heavy atom. The fraction of sp³-hybridized carbons (Fsp3) is 0.533. The SMILES string of the molecule is O=c1[nH]c2ccc(C3CC3)cc2n1C1CCNCC1. The Labute approximate surface area is 111 Å². The number of imidazole rings is 1. The van der Waals surface area contributed by atoms with Gasteiger partial charge in [-0.15, -0.1) is 0 Å². The predicted molar refractivity (Wildman–Crippen MR) is 75.7 cm³/mol. The van der Waals surface area contributed by atoms with Gasteiger partial charge in [0.15, 0.2) is 0 Å². The molecule has 1 saturated heterocycles. The molecule has 2 fully saturated rings. The molecular formula is C15H19N3O. The van der Waals surface area contributed by atoms with Crippen LogP contribution in [0.3, 0.4) is 0 Å². The standard InChI is InChI=1S/C15H19N3O/c19-15-17-13-4-3-11(10-1-2-10)9-14(13)18(15)12-5-7-16-8-6-12/h3-4,9-10,12,16H,1-2,5-8H2,(H,17,19). The van der Waals surface area contributed by atoms with E-state index in [4.69, 9.17) is 0 Å². The van der Waals surface area contributed by atoms with Gasteiger partial charge in [-0.05, 0) is 62.4 Å². The number of aromatic nitrogens is 2. The Balaban J connectivity index is 1.84. The van der Waals surface area contributed by atoms with E-state index >= 15 is 0 Å². The first-order chi connectivity index (χ1) is 9.33. The molecule has 1 aromatic carbocycles. The van der Waals surface area contributed by atoms with E-state index in [0.29, 0.717) is 6.04 Å². The zero-order valence-electron chi connectivity index (χ0n) is 11.0. The van der Waals surface area contributed by atoms with Crippen molar-refractivity contribution < 1.29 is 0 Å². The highest BCUT2D eigenvalue weighted by Crippen LogP contribution is 2.40. The first-order valence-corrected chi connectivity index (χ1v) is 7.28. The molecule has 1 aliphatic carbocycles. The van der Waals surface area contributed by atoms with Crippen LogP contribution in [0, 0.1) is 0 Å². The first kappa shape index (κ1) is 11.3. The van der Waals surface area contributed by atoms with Gasteiger partial charge in [0.2, 0.25) is 0 Å². The van der Waals surface area contributed by atoms with Crippen LogP contribution in [0.1, 0.15) is 43.2 Å². The Morgan fingerprint density at radius 3 is 2.63 bits per heavy atom. The van der Waals surface area contributed by atoms with Crippen LogP contribution >= 0.6 is 0 Å². The maximum absolute atomic E-state index is 12.2. The summed E-state index contributed by atoms with van der Waals surface area (Å²) >= 11 is 0. The number of H-pyrrole nitrogens is 1. The highest BCUT2D eigenvalue weighted by molar-refractivity contribution is 5.76. The van der Waals surface area contributed by atoms with E-state index in [1.54, 1.807) is 0 Å². The first-order valence-electron chi connectivity index (χ1n) is 7.28. The summed E-state index contributed by atoms with van der Waals surface area (Å²) < 4.78 is 1.99. The van der Waals surface area contributed by atoms with E-state index in [2.05, 4.69) is 28.5 Å². The molecule has 2 heterocycles. The molecular weight excluding hydrogens is 238 g/mol. The molecule has 0 unspecified atom stereocenters. The third-order valence-corrected chi connectivity index (χ3v) is 4.46. The normalized spacial score (nSPS) is 21.1. The Hall–Kier alpha value is -1.55. The fourth-order valence-corrected chi connectivity index (χ4v) is 3.24. The summed E-state index contributed by atoms with van der Waals surface area (Å²) in [7, 11) is 0. The number of benzene rings is 1. The molecule has 0 radical (unpaired) electrons. The molecule has 19 heavy (non-hydrogen) atoms. The van der Waals surface area contributed by atoms with Crippen LogP contribution in [0.15, 0.2) is 23.0 Å². The number of fused-ring (bicyclic) bond motifs is 1. The number of piperidine rings is 1. The van der Waals surface area contributed by atoms with Crippen LogP contribution in [0.2, 0.25) is 0 Å². The molecule has 1 aliphatic heterocycles. The van der Waals surface area contributed by atoms with Crippen molar-refractivity contribution in [3.05, 3.63) is 34.2 Å². The van der Waals surface area contributed by atoms with Gasteiger partial charge in [-0.1, -0.05) is 6.07 Å². The lowest BCUT2D eigenvalue weighted by Gasteiger charge is -2.23. The van der Waals surface area contributed by atoms with Gasteiger partial charge < -0.3 is 10.3 Å². The highest BCUT2D eigenvalue weighted by atomic mass is 16.1. The van der Waals surface area contributed by atoms with E-state index in [1.807, 2.05) is 4.57 Å². The number of hydrogen-bond acceptors (Lipinski definition) is 2. The quantitative estimate of drug-likeness (QED) is 0.866. The van der Waals surface area contributed by atoms with E-state index in [-0.39, 0.29) is 5.69 Å². The summed E-state index contributed by atoms with van der Waals surface area (Å²) in [6, 6.07) is 6.81. The summed E-state index contributed by atoms with van der Waals surface area (Å²) in [5.74, 6) is 0.732. The number of aromatic amines is 1. The van der Waals surface area contributed by atoms with Crippen LogP contribution in [0.4, 0.5) is 0 Å². The number of nitrogens with zero attached hydrogens (tertiary/aromatic N) is 1. The molecule has 1 aromatic heterocycles. The lowest BCUT2D eigenvalue weighted by atomic mass is 10.1. The summed E-state index contributed by atoms with van der Waals surface area (Å²) in [6.07, 6.45) is 4.68. The second kappa shape index (κ2) is 4.23. The molecule has 0 amide bonds. The molecule has 2 aromatic rings. The summed E-state index contributed by atoms with van der Waals surface area (Å²) in [4.78, 5) is 15.2. The highest BCUT2D eigenvalue weighted by Gasteiger charge is 2.25. The minimum Gasteiger partial charge on any atom is -0.317 e. The average molecular weight is 257 g/mol. The van der Waals surface area contributed by atoms with Gasteiger partial charge in [0, 0.05) is 6.04 Å². The largest absolute Gasteiger partial charge is 0.326 e. The van der Waals surface area contributed by atoms with E-state index in [9.17, 15) is 4.79 Å². The fourth-order valence-electron chi connectivity index (χ4n) is 3.24. The van der Waals surface area contributed by atoms with Gasteiger partial charge in [0.05, 0.1) is 11.0 Å². The third kappa shape index (κ3) is 1.91. The monoisotopic (exact) mass is 257 g/mol. The van der Waals surface area contributed by atoms with Crippen molar-refractivity contribution in [2.24, 2.45) is 0 Å². The molecule has 0 spiro atoms. The molecule has 4 rings (SSSR count). The third-order valence-electron chi connectivity index (χ3n) is 4.46. The lowest BCUT2D eigenvalue weighted by molar-refractivity contribution is 0.368. The van der Waals surface area contributed by atoms with Crippen LogP contribution in [-0.2, 0) is 0 Å². The molecule has 0 bridgehead atoms. The molecule has 2 aliphatic rings. The Kier molecular flexibility index (Phi) is 2.52. The summed E-state index contributed by atoms with van der Waals surface area (Å²) in [5.41, 5.74) is 3.53. The van der Waals surface area contributed by atoms with Crippen LogP contribution < -0.4 is 11.0 Å². The van der Waals surface area contributed by atoms with Gasteiger partial charge in [0.1, 0.15) is 0 Å². The van der Waals surface area contributed by atoms with E-state index in [0.717, 1.165) is 42.9 Å². The Morgan fingerprint density at radius 1 is 1.11 bits per heavy atom. The molecule has 100 valence electrons. The van der Waals surface area contributed by atoms with Gasteiger partial charge in [-0.3, -0.25) is 4.57 Å². The topological polar surface area (TPSA) is 49.8 Å². The minimum absolute atomic E-state index is 0.0508. The lowest BCUT2D eigenvalue weighted by Crippen LogP contribution is -2.33. The number of hydrogen-bond donors (Lipinski definition) is 2. The van der Waals surface area contributed by atoms with E-state index < -0.39 is 0 Å². The van der Waals surface area contributed by atoms with Gasteiger partial charge >= 0.3 is 5.69 Å². The molecule has 4 nitrogen and oxygen atoms in total. The van der Waals surface area contributed by atoms with Crippen molar-refractivity contribution in [3.8, 4) is 0 Å². The van der Waals surface area contributed by atoms with Crippen molar-refractivity contribution in [3.63, 3.8) is 0 Å². The van der Waals surface area contributed by atoms with Gasteiger partial charge in [-0.2, -0.15) is 0 Å². The second-order valence-corrected chi connectivity index (χ2v) is 5.83. The molecule has 0 atom stereocenters. The van der Waals surface area contributed by atoms with Crippen LogP contribution in [0.25, 0.3) is 11.0 Å². The van der Waals surface area contributed by atoms with Gasteiger partial charge in [-0.25, -0.2) is 4.79 Å². The molecule has 1 saturated carbocycles.